The molecule has 1 fully saturated rings. The number of rotatable bonds is 5. The molecule has 1 amide bonds. The van der Waals surface area contributed by atoms with Crippen molar-refractivity contribution in [3.8, 4) is 5.75 Å². The number of carbonyl (C=O) groups excluding carboxylic acids is 1. The first-order valence-electron chi connectivity index (χ1n) is 7.75. The normalized spacial score (nSPS) is 18.3. The van der Waals surface area contributed by atoms with Crippen molar-refractivity contribution in [2.75, 3.05) is 13.2 Å². The second-order valence-corrected chi connectivity index (χ2v) is 6.08. The van der Waals surface area contributed by atoms with E-state index in [-0.39, 0.29) is 5.91 Å². The molecule has 1 aromatic carbocycles. The Labute approximate surface area is 130 Å². The lowest BCUT2D eigenvalue weighted by atomic mass is 10.0. The van der Waals surface area contributed by atoms with E-state index >= 15 is 0 Å². The number of carboxylic acid groups (broad SMARTS) is 1. The Morgan fingerprint density at radius 3 is 2.55 bits per heavy atom. The molecule has 120 valence electrons. The maximum atomic E-state index is 12.5. The summed E-state index contributed by atoms with van der Waals surface area (Å²) in [5, 5.41) is 9.26. The first kappa shape index (κ1) is 16.3. The molecule has 22 heavy (non-hydrogen) atoms. The van der Waals surface area contributed by atoms with Crippen molar-refractivity contribution in [3.05, 3.63) is 29.8 Å². The van der Waals surface area contributed by atoms with Gasteiger partial charge < -0.3 is 14.7 Å². The monoisotopic (exact) mass is 305 g/mol. The Morgan fingerprint density at radius 1 is 1.27 bits per heavy atom. The number of hydrogen-bond acceptors (Lipinski definition) is 3. The molecule has 1 aromatic rings. The smallest absolute Gasteiger partial charge is 0.326 e. The number of carbonyl (C=O) groups is 2. The van der Waals surface area contributed by atoms with Gasteiger partial charge in [0.25, 0.3) is 5.91 Å². The molecule has 1 heterocycles. The van der Waals surface area contributed by atoms with E-state index in [0.717, 1.165) is 18.6 Å². The van der Waals surface area contributed by atoms with E-state index in [4.69, 9.17) is 4.74 Å². The second-order valence-electron chi connectivity index (χ2n) is 6.08. The molecule has 0 spiro atoms. The molecular formula is C17H23NO4. The average Bonchev–Trinajstić information content (AvgIpc) is 2.52. The second kappa shape index (κ2) is 7.29. The van der Waals surface area contributed by atoms with Crippen molar-refractivity contribution in [2.24, 2.45) is 5.92 Å². The Morgan fingerprint density at radius 2 is 1.95 bits per heavy atom. The SMILES string of the molecule is CC(C)COc1ccc(C(=O)N2CCCCC2C(=O)O)cc1. The van der Waals surface area contributed by atoms with E-state index in [1.54, 1.807) is 24.3 Å². The zero-order chi connectivity index (χ0) is 16.1. The predicted octanol–water partition coefficient (Wildman–Crippen LogP) is 2.80. The highest BCUT2D eigenvalue weighted by Gasteiger charge is 2.32. The Hall–Kier alpha value is -2.04. The van der Waals surface area contributed by atoms with Gasteiger partial charge in [-0.3, -0.25) is 4.79 Å². The lowest BCUT2D eigenvalue weighted by Gasteiger charge is -2.33. The molecule has 1 aliphatic rings. The third-order valence-electron chi connectivity index (χ3n) is 3.73. The maximum absolute atomic E-state index is 12.5. The fourth-order valence-corrected chi connectivity index (χ4v) is 2.55. The molecule has 1 saturated heterocycles. The van der Waals surface area contributed by atoms with Crippen LogP contribution in [0.15, 0.2) is 24.3 Å². The number of benzene rings is 1. The summed E-state index contributed by atoms with van der Waals surface area (Å²) in [5.41, 5.74) is 0.505. The molecule has 2 rings (SSSR count). The topological polar surface area (TPSA) is 66.8 Å². The van der Waals surface area contributed by atoms with Crippen molar-refractivity contribution >= 4 is 11.9 Å². The Balaban J connectivity index is 2.06. The number of carboxylic acids is 1. The molecule has 0 aromatic heterocycles. The van der Waals surface area contributed by atoms with Gasteiger partial charge in [-0.15, -0.1) is 0 Å². The van der Waals surface area contributed by atoms with Crippen LogP contribution in [-0.2, 0) is 4.79 Å². The molecule has 0 radical (unpaired) electrons. The number of likely N-dealkylation sites (tertiary alicyclic amines) is 1. The lowest BCUT2D eigenvalue weighted by Crippen LogP contribution is -2.47. The van der Waals surface area contributed by atoms with Crippen molar-refractivity contribution in [2.45, 2.75) is 39.2 Å². The number of hydrogen-bond donors (Lipinski definition) is 1. The van der Waals surface area contributed by atoms with Crippen LogP contribution in [0.25, 0.3) is 0 Å². The van der Waals surface area contributed by atoms with Crippen LogP contribution in [0.2, 0.25) is 0 Å². The largest absolute Gasteiger partial charge is 0.493 e. The molecule has 0 aliphatic carbocycles. The summed E-state index contributed by atoms with van der Waals surface area (Å²) in [6.07, 6.45) is 2.23. The summed E-state index contributed by atoms with van der Waals surface area (Å²) in [6.45, 7) is 5.27. The summed E-state index contributed by atoms with van der Waals surface area (Å²) < 4.78 is 5.59. The number of amides is 1. The van der Waals surface area contributed by atoms with E-state index in [1.807, 2.05) is 0 Å². The van der Waals surface area contributed by atoms with Crippen LogP contribution in [0.3, 0.4) is 0 Å². The van der Waals surface area contributed by atoms with Gasteiger partial charge in [0.1, 0.15) is 11.8 Å². The fraction of sp³-hybridized carbons (Fsp3) is 0.529. The number of aliphatic carboxylic acids is 1. The molecular weight excluding hydrogens is 282 g/mol. The molecule has 5 heteroatoms. The van der Waals surface area contributed by atoms with Gasteiger partial charge in [0.05, 0.1) is 6.61 Å². The number of nitrogens with zero attached hydrogens (tertiary/aromatic N) is 1. The molecule has 1 atom stereocenters. The molecule has 1 N–H and O–H groups in total. The van der Waals surface area contributed by atoms with E-state index < -0.39 is 12.0 Å². The highest BCUT2D eigenvalue weighted by molar-refractivity contribution is 5.96. The summed E-state index contributed by atoms with van der Waals surface area (Å²) in [6, 6.07) is 6.21. The van der Waals surface area contributed by atoms with Crippen LogP contribution in [0.1, 0.15) is 43.5 Å². The third-order valence-corrected chi connectivity index (χ3v) is 3.73. The number of piperidine rings is 1. The van der Waals surface area contributed by atoms with Gasteiger partial charge in [-0.2, -0.15) is 0 Å². The predicted molar refractivity (Wildman–Crippen MR) is 83.1 cm³/mol. The van der Waals surface area contributed by atoms with E-state index in [1.165, 1.54) is 4.90 Å². The van der Waals surface area contributed by atoms with Crippen LogP contribution >= 0.6 is 0 Å². The Bertz CT molecular complexity index is 524. The van der Waals surface area contributed by atoms with Gasteiger partial charge in [-0.25, -0.2) is 4.79 Å². The van der Waals surface area contributed by atoms with Gasteiger partial charge >= 0.3 is 5.97 Å². The average molecular weight is 305 g/mol. The van der Waals surface area contributed by atoms with Crippen LogP contribution in [0.5, 0.6) is 5.75 Å². The molecule has 5 nitrogen and oxygen atoms in total. The van der Waals surface area contributed by atoms with E-state index in [0.29, 0.717) is 31.1 Å². The zero-order valence-corrected chi connectivity index (χ0v) is 13.1. The van der Waals surface area contributed by atoms with Crippen LogP contribution in [0.4, 0.5) is 0 Å². The molecule has 1 aliphatic heterocycles. The fourth-order valence-electron chi connectivity index (χ4n) is 2.55. The van der Waals surface area contributed by atoms with Gasteiger partial charge in [0.2, 0.25) is 0 Å². The minimum Gasteiger partial charge on any atom is -0.493 e. The minimum atomic E-state index is -0.926. The maximum Gasteiger partial charge on any atom is 0.326 e. The van der Waals surface area contributed by atoms with Gasteiger partial charge in [-0.05, 0) is 49.4 Å². The van der Waals surface area contributed by atoms with Crippen molar-refractivity contribution in [1.82, 2.24) is 4.90 Å². The van der Waals surface area contributed by atoms with Crippen LogP contribution in [0, 0.1) is 5.92 Å². The highest BCUT2D eigenvalue weighted by atomic mass is 16.5. The van der Waals surface area contributed by atoms with Crippen molar-refractivity contribution in [1.29, 1.82) is 0 Å². The van der Waals surface area contributed by atoms with Gasteiger partial charge in [0, 0.05) is 12.1 Å². The van der Waals surface area contributed by atoms with Crippen molar-refractivity contribution < 1.29 is 19.4 Å². The van der Waals surface area contributed by atoms with Crippen molar-refractivity contribution in [3.63, 3.8) is 0 Å². The third kappa shape index (κ3) is 4.00. The molecule has 0 saturated carbocycles. The standard InChI is InChI=1S/C17H23NO4/c1-12(2)11-22-14-8-6-13(7-9-14)16(19)18-10-4-3-5-15(18)17(20)21/h6-9,12,15H,3-5,10-11H2,1-2H3,(H,20,21). The van der Waals surface area contributed by atoms with Gasteiger partial charge in [0.15, 0.2) is 0 Å². The summed E-state index contributed by atoms with van der Waals surface area (Å²) in [5.74, 6) is 0.0112. The van der Waals surface area contributed by atoms with Crippen LogP contribution in [-0.4, -0.2) is 41.1 Å². The highest BCUT2D eigenvalue weighted by Crippen LogP contribution is 2.21. The lowest BCUT2D eigenvalue weighted by molar-refractivity contribution is -0.143. The minimum absolute atomic E-state index is 0.220. The van der Waals surface area contributed by atoms with E-state index in [9.17, 15) is 14.7 Å². The number of ether oxygens (including phenoxy) is 1. The van der Waals surface area contributed by atoms with Gasteiger partial charge in [-0.1, -0.05) is 13.8 Å². The zero-order valence-electron chi connectivity index (χ0n) is 13.1. The summed E-state index contributed by atoms with van der Waals surface area (Å²) >= 11 is 0. The van der Waals surface area contributed by atoms with E-state index in [2.05, 4.69) is 13.8 Å². The first-order valence-corrected chi connectivity index (χ1v) is 7.75. The first-order chi connectivity index (χ1) is 10.5. The Kier molecular flexibility index (Phi) is 5.41. The summed E-state index contributed by atoms with van der Waals surface area (Å²) in [7, 11) is 0. The van der Waals surface area contributed by atoms with Crippen LogP contribution < -0.4 is 4.74 Å². The summed E-state index contributed by atoms with van der Waals surface area (Å²) in [4.78, 5) is 25.3. The quantitative estimate of drug-likeness (QED) is 0.908. The molecule has 0 bridgehead atoms. The molecule has 1 unspecified atom stereocenters.